The van der Waals surface area contributed by atoms with Crippen LogP contribution >= 0.6 is 0 Å². The second kappa shape index (κ2) is 5.93. The molecular weight excluding hydrogens is 280 g/mol. The number of nitrogens with zero attached hydrogens (tertiary/aromatic N) is 3. The van der Waals surface area contributed by atoms with Gasteiger partial charge in [-0.15, -0.1) is 0 Å². The highest BCUT2D eigenvalue weighted by Gasteiger charge is 2.38. The van der Waals surface area contributed by atoms with Gasteiger partial charge in [0.2, 0.25) is 0 Å². The average molecular weight is 296 g/mol. The molecule has 112 valence electrons. The van der Waals surface area contributed by atoms with Crippen molar-refractivity contribution in [1.29, 1.82) is 0 Å². The lowest BCUT2D eigenvalue weighted by Crippen LogP contribution is -1.99. The van der Waals surface area contributed by atoms with E-state index in [0.29, 0.717) is 11.3 Å². The van der Waals surface area contributed by atoms with E-state index in [2.05, 4.69) is 15.0 Å². The van der Waals surface area contributed by atoms with Crippen LogP contribution < -0.4 is 5.73 Å². The Morgan fingerprint density at radius 1 is 1.41 bits per heavy atom. The molecule has 1 aromatic heterocycles. The van der Waals surface area contributed by atoms with Crippen molar-refractivity contribution < 1.29 is 9.90 Å². The highest BCUT2D eigenvalue weighted by atomic mass is 16.4. The quantitative estimate of drug-likeness (QED) is 0.820. The molecule has 3 N–H and O–H groups in total. The van der Waals surface area contributed by atoms with E-state index in [4.69, 9.17) is 10.8 Å². The van der Waals surface area contributed by atoms with E-state index < -0.39 is 5.97 Å². The number of benzene rings is 1. The zero-order chi connectivity index (χ0) is 15.5. The molecule has 2 unspecified atom stereocenters. The first-order valence-electron chi connectivity index (χ1n) is 7.06. The number of aromatic nitrogens is 2. The molecule has 0 aliphatic heterocycles. The number of aliphatic imine (C=N–C) groups is 1. The van der Waals surface area contributed by atoms with Crippen LogP contribution in [0.1, 0.15) is 18.5 Å². The fourth-order valence-corrected chi connectivity index (χ4v) is 2.32. The first-order valence-corrected chi connectivity index (χ1v) is 7.06. The maximum absolute atomic E-state index is 10.6. The molecule has 1 heterocycles. The van der Waals surface area contributed by atoms with Gasteiger partial charge in [0.15, 0.2) is 0 Å². The van der Waals surface area contributed by atoms with Gasteiger partial charge in [-0.3, -0.25) is 14.8 Å². The van der Waals surface area contributed by atoms with Gasteiger partial charge in [0.1, 0.15) is 0 Å². The largest absolute Gasteiger partial charge is 0.481 e. The minimum Gasteiger partial charge on any atom is -0.481 e. The summed E-state index contributed by atoms with van der Waals surface area (Å²) in [4.78, 5) is 23.9. The first-order chi connectivity index (χ1) is 10.7. The van der Waals surface area contributed by atoms with Gasteiger partial charge < -0.3 is 10.8 Å². The number of nitrogens with two attached hydrogens (primary N) is 1. The summed E-state index contributed by atoms with van der Waals surface area (Å²) in [7, 11) is 0. The van der Waals surface area contributed by atoms with Gasteiger partial charge in [-0.25, -0.2) is 4.98 Å². The predicted molar refractivity (Wildman–Crippen MR) is 84.3 cm³/mol. The summed E-state index contributed by atoms with van der Waals surface area (Å²) in [5.41, 5.74) is 8.61. The molecular formula is C16H16N4O2. The topological polar surface area (TPSA) is 101 Å². The highest BCUT2D eigenvalue weighted by Crippen LogP contribution is 2.36. The highest BCUT2D eigenvalue weighted by molar-refractivity contribution is 6.09. The van der Waals surface area contributed by atoms with Crippen LogP contribution in [0.3, 0.4) is 0 Å². The molecule has 0 spiro atoms. The molecule has 0 amide bonds. The molecule has 1 fully saturated rings. The Labute approximate surface area is 127 Å². The monoisotopic (exact) mass is 296 g/mol. The molecule has 0 radical (unpaired) electrons. The smallest absolute Gasteiger partial charge is 0.303 e. The number of rotatable bonds is 5. The van der Waals surface area contributed by atoms with Crippen LogP contribution in [-0.4, -0.2) is 33.3 Å². The van der Waals surface area contributed by atoms with E-state index in [1.165, 1.54) is 6.20 Å². The van der Waals surface area contributed by atoms with Crippen LogP contribution in [0.4, 0.5) is 0 Å². The molecule has 1 aromatic carbocycles. The zero-order valence-electron chi connectivity index (χ0n) is 11.9. The third kappa shape index (κ3) is 3.11. The van der Waals surface area contributed by atoms with Gasteiger partial charge in [0, 0.05) is 18.0 Å². The summed E-state index contributed by atoms with van der Waals surface area (Å²) in [6.07, 6.45) is 5.74. The van der Waals surface area contributed by atoms with Crippen molar-refractivity contribution in [2.45, 2.75) is 18.9 Å². The lowest BCUT2D eigenvalue weighted by molar-refractivity contribution is -0.137. The minimum absolute atomic E-state index is 0.0689. The maximum Gasteiger partial charge on any atom is 0.303 e. The van der Waals surface area contributed by atoms with Crippen molar-refractivity contribution in [1.82, 2.24) is 9.97 Å². The number of carboxylic acid groups (broad SMARTS) is 1. The van der Waals surface area contributed by atoms with Gasteiger partial charge in [-0.2, -0.15) is 0 Å². The molecule has 22 heavy (non-hydrogen) atoms. The van der Waals surface area contributed by atoms with Crippen molar-refractivity contribution in [2.24, 2.45) is 16.6 Å². The number of hydrogen-bond acceptors (Lipinski definition) is 5. The van der Waals surface area contributed by atoms with Crippen molar-refractivity contribution in [3.63, 3.8) is 0 Å². The Hall–Kier alpha value is -2.76. The standard InChI is InChI=1S/C16H16N4O2/c17-7-11(8-18-14-5-10(14)6-16(21)22)15-9-19-12-3-1-2-4-13(12)20-15/h1-4,7-10,14H,5-6,17H2,(H,21,22). The number of fused-ring (bicyclic) bond motifs is 1. The summed E-state index contributed by atoms with van der Waals surface area (Å²) in [5, 5.41) is 8.74. The van der Waals surface area contributed by atoms with Crippen molar-refractivity contribution >= 4 is 28.8 Å². The second-order valence-corrected chi connectivity index (χ2v) is 5.31. The Kier molecular flexibility index (Phi) is 3.82. The van der Waals surface area contributed by atoms with E-state index in [9.17, 15) is 4.79 Å². The van der Waals surface area contributed by atoms with Gasteiger partial charge in [-0.1, -0.05) is 12.1 Å². The molecule has 0 saturated heterocycles. The van der Waals surface area contributed by atoms with Crippen LogP contribution in [0.15, 0.2) is 41.7 Å². The van der Waals surface area contributed by atoms with Gasteiger partial charge in [0.05, 0.1) is 35.4 Å². The van der Waals surface area contributed by atoms with E-state index in [1.54, 1.807) is 12.4 Å². The molecule has 0 bridgehead atoms. The van der Waals surface area contributed by atoms with E-state index >= 15 is 0 Å². The molecule has 3 rings (SSSR count). The van der Waals surface area contributed by atoms with E-state index in [-0.39, 0.29) is 18.4 Å². The van der Waals surface area contributed by atoms with Crippen molar-refractivity contribution in [3.8, 4) is 0 Å². The fourth-order valence-electron chi connectivity index (χ4n) is 2.32. The van der Waals surface area contributed by atoms with Gasteiger partial charge >= 0.3 is 5.97 Å². The summed E-state index contributed by atoms with van der Waals surface area (Å²) in [6.45, 7) is 0. The molecule has 1 aliphatic rings. The molecule has 2 atom stereocenters. The van der Waals surface area contributed by atoms with Crippen LogP contribution in [0.25, 0.3) is 16.6 Å². The fraction of sp³-hybridized carbons (Fsp3) is 0.250. The lowest BCUT2D eigenvalue weighted by Gasteiger charge is -2.02. The maximum atomic E-state index is 10.6. The summed E-state index contributed by atoms with van der Waals surface area (Å²) >= 11 is 0. The normalized spacial score (nSPS) is 21.4. The third-order valence-corrected chi connectivity index (χ3v) is 3.65. The number of para-hydroxylation sites is 2. The molecule has 6 nitrogen and oxygen atoms in total. The SMILES string of the molecule is NC=C(C=NC1CC1CC(=O)O)c1cnc2ccccc2n1. The Balaban J connectivity index is 1.75. The average Bonchev–Trinajstić information content (AvgIpc) is 3.25. The van der Waals surface area contributed by atoms with Crippen molar-refractivity contribution in [2.75, 3.05) is 0 Å². The summed E-state index contributed by atoms with van der Waals surface area (Å²) < 4.78 is 0. The van der Waals surface area contributed by atoms with Crippen LogP contribution in [0, 0.1) is 5.92 Å². The number of allylic oxidation sites excluding steroid dienone is 1. The van der Waals surface area contributed by atoms with Crippen LogP contribution in [-0.2, 0) is 4.79 Å². The lowest BCUT2D eigenvalue weighted by atomic mass is 10.2. The molecule has 2 aromatic rings. The number of aliphatic carboxylic acids is 1. The molecule has 6 heteroatoms. The third-order valence-electron chi connectivity index (χ3n) is 3.65. The Morgan fingerprint density at radius 2 is 2.18 bits per heavy atom. The Bertz CT molecular complexity index is 770. The molecule has 1 aliphatic carbocycles. The second-order valence-electron chi connectivity index (χ2n) is 5.31. The van der Waals surface area contributed by atoms with Gasteiger partial charge in [0.25, 0.3) is 0 Å². The van der Waals surface area contributed by atoms with Crippen molar-refractivity contribution in [3.05, 3.63) is 42.4 Å². The zero-order valence-corrected chi connectivity index (χ0v) is 11.9. The van der Waals surface area contributed by atoms with Crippen LogP contribution in [0.5, 0.6) is 0 Å². The molecule has 1 saturated carbocycles. The number of carboxylic acids is 1. The van der Waals surface area contributed by atoms with E-state index in [1.807, 2.05) is 24.3 Å². The number of hydrogen-bond donors (Lipinski definition) is 2. The first kappa shape index (κ1) is 14.2. The predicted octanol–water partition coefficient (Wildman–Crippen LogP) is 1.86. The summed E-state index contributed by atoms with van der Waals surface area (Å²) in [6, 6.07) is 7.67. The summed E-state index contributed by atoms with van der Waals surface area (Å²) in [5.74, 6) is -0.645. The Morgan fingerprint density at radius 3 is 2.91 bits per heavy atom. The number of carbonyl (C=O) groups is 1. The van der Waals surface area contributed by atoms with E-state index in [0.717, 1.165) is 17.5 Å². The minimum atomic E-state index is -0.780. The van der Waals surface area contributed by atoms with Gasteiger partial charge in [-0.05, 0) is 24.5 Å². The van der Waals surface area contributed by atoms with Crippen LogP contribution in [0.2, 0.25) is 0 Å².